The summed E-state index contributed by atoms with van der Waals surface area (Å²) in [5.41, 5.74) is -1.54. The van der Waals surface area contributed by atoms with Gasteiger partial charge in [0.25, 0.3) is 0 Å². The predicted octanol–water partition coefficient (Wildman–Crippen LogP) is 4.53. The van der Waals surface area contributed by atoms with Crippen LogP contribution in [-0.2, 0) is 22.3 Å². The van der Waals surface area contributed by atoms with Crippen molar-refractivity contribution in [2.45, 2.75) is 77.1 Å². The molecule has 4 rings (SSSR count). The van der Waals surface area contributed by atoms with Crippen LogP contribution in [0.5, 0.6) is 0 Å². The van der Waals surface area contributed by atoms with Crippen LogP contribution in [0.25, 0.3) is 5.57 Å². The van der Waals surface area contributed by atoms with Crippen molar-refractivity contribution in [2.24, 2.45) is 15.9 Å². The van der Waals surface area contributed by atoms with Crippen LogP contribution in [0.4, 0.5) is 31.1 Å². The summed E-state index contributed by atoms with van der Waals surface area (Å²) in [6.07, 6.45) is -8.66. The maximum Gasteiger partial charge on any atom is 0.451 e. The molecule has 2 amide bonds. The van der Waals surface area contributed by atoms with Gasteiger partial charge in [-0.2, -0.15) is 26.3 Å². The normalized spacial score (nSPS) is 22.2. The number of hydrogen-bond acceptors (Lipinski definition) is 6. The minimum atomic E-state index is -4.97. The third kappa shape index (κ3) is 6.67. The van der Waals surface area contributed by atoms with Crippen LogP contribution < -0.4 is 5.32 Å². The number of halogens is 6. The summed E-state index contributed by atoms with van der Waals surface area (Å²) in [7, 11) is 0. The number of hydrogen-bond donors (Lipinski definition) is 1. The number of carbonyl (C=O) groups excluding carboxylic acids is 2. The van der Waals surface area contributed by atoms with E-state index in [1.807, 2.05) is 0 Å². The number of alkyl halides is 6. The first-order chi connectivity index (χ1) is 17.4. The molecule has 3 heterocycles. The number of allylic oxidation sites excluding steroid dienone is 1. The summed E-state index contributed by atoms with van der Waals surface area (Å²) in [6.45, 7) is 8.59. The van der Waals surface area contributed by atoms with Gasteiger partial charge in [0.2, 0.25) is 17.6 Å². The molecule has 208 valence electrons. The third-order valence-corrected chi connectivity index (χ3v) is 5.83. The fraction of sp³-hybridized carbons (Fsp3) is 0.565. The molecule has 1 saturated carbocycles. The first-order valence-electron chi connectivity index (χ1n) is 11.4. The molecule has 2 saturated heterocycles. The Kier molecular flexibility index (Phi) is 7.89. The van der Waals surface area contributed by atoms with E-state index in [-0.39, 0.29) is 28.9 Å². The lowest BCUT2D eigenvalue weighted by Gasteiger charge is -2.29. The summed E-state index contributed by atoms with van der Waals surface area (Å²) < 4.78 is 84.1. The Morgan fingerprint density at radius 3 is 2.34 bits per heavy atom. The van der Waals surface area contributed by atoms with Gasteiger partial charge >= 0.3 is 18.4 Å². The lowest BCUT2D eigenvalue weighted by Crippen LogP contribution is -2.48. The molecule has 1 unspecified atom stereocenters. The Morgan fingerprint density at radius 2 is 1.82 bits per heavy atom. The quantitative estimate of drug-likeness (QED) is 0.330. The molecule has 1 N–H and O–H groups in total. The van der Waals surface area contributed by atoms with Gasteiger partial charge in [-0.3, -0.25) is 9.69 Å². The van der Waals surface area contributed by atoms with E-state index in [1.54, 1.807) is 20.8 Å². The number of fused-ring (bicyclic) bond motifs is 1. The monoisotopic (exact) mass is 548 g/mol. The number of amides is 2. The standard InChI is InChI=1S/C23H26F6N6O3/c1-11(9-32-18(30-5)22(24,25)26)15-8-13(33-19(34-15)23(27,28)29)10-31-17(36)16-12-6-14(7-12)35(16)20(37)38-21(2,3)4/h8-9,12,14,16H,5-7,10H2,1-4H3,(H,31,36)/b11-9+,32-18?. The van der Waals surface area contributed by atoms with E-state index in [2.05, 4.69) is 32.0 Å². The molecule has 1 aromatic rings. The number of nitrogens with one attached hydrogen (secondary N) is 1. The van der Waals surface area contributed by atoms with Gasteiger partial charge in [-0.15, -0.1) is 0 Å². The summed E-state index contributed by atoms with van der Waals surface area (Å²) in [5.74, 6) is -3.83. The van der Waals surface area contributed by atoms with Crippen molar-refractivity contribution >= 4 is 30.1 Å². The lowest BCUT2D eigenvalue weighted by molar-refractivity contribution is -0.145. The zero-order chi connectivity index (χ0) is 28.6. The van der Waals surface area contributed by atoms with Gasteiger partial charge in [0, 0.05) is 12.2 Å². The molecule has 0 aromatic carbocycles. The van der Waals surface area contributed by atoms with Gasteiger partial charge in [0.05, 0.1) is 17.9 Å². The summed E-state index contributed by atoms with van der Waals surface area (Å²) in [5, 5.41) is 2.50. The molecule has 0 spiro atoms. The summed E-state index contributed by atoms with van der Waals surface area (Å²) in [6, 6.07) is 0.0839. The second-order valence-electron chi connectivity index (χ2n) is 9.92. The van der Waals surface area contributed by atoms with Gasteiger partial charge in [-0.25, -0.2) is 24.7 Å². The fourth-order valence-electron chi connectivity index (χ4n) is 4.11. The van der Waals surface area contributed by atoms with E-state index in [4.69, 9.17) is 4.74 Å². The molecule has 15 heteroatoms. The van der Waals surface area contributed by atoms with E-state index in [0.717, 1.165) is 6.07 Å². The zero-order valence-electron chi connectivity index (χ0n) is 20.9. The summed E-state index contributed by atoms with van der Waals surface area (Å²) in [4.78, 5) is 39.7. The van der Waals surface area contributed by atoms with Crippen LogP contribution in [0.2, 0.25) is 0 Å². The van der Waals surface area contributed by atoms with E-state index in [9.17, 15) is 35.9 Å². The number of amidine groups is 1. The lowest BCUT2D eigenvalue weighted by atomic mass is 9.83. The molecule has 38 heavy (non-hydrogen) atoms. The Bertz CT molecular complexity index is 1170. The smallest absolute Gasteiger partial charge is 0.444 e. The van der Waals surface area contributed by atoms with Gasteiger partial charge in [-0.05, 0) is 64.8 Å². The van der Waals surface area contributed by atoms with Crippen molar-refractivity contribution in [3.05, 3.63) is 29.5 Å². The molecule has 1 aliphatic carbocycles. The van der Waals surface area contributed by atoms with E-state index in [0.29, 0.717) is 19.0 Å². The van der Waals surface area contributed by atoms with Crippen LogP contribution in [0.3, 0.4) is 0 Å². The molecule has 3 fully saturated rings. The second-order valence-corrected chi connectivity index (χ2v) is 9.92. The molecular formula is C23H26F6N6O3. The Labute approximate surface area is 214 Å². The fourth-order valence-corrected chi connectivity index (χ4v) is 4.11. The topological polar surface area (TPSA) is 109 Å². The molecule has 2 aliphatic heterocycles. The zero-order valence-corrected chi connectivity index (χ0v) is 20.9. The van der Waals surface area contributed by atoms with Gasteiger partial charge in [-0.1, -0.05) is 0 Å². The maximum absolute atomic E-state index is 13.4. The largest absolute Gasteiger partial charge is 0.451 e. The second kappa shape index (κ2) is 10.3. The molecule has 1 aromatic heterocycles. The highest BCUT2D eigenvalue weighted by Gasteiger charge is 2.56. The maximum atomic E-state index is 13.4. The first-order valence-corrected chi connectivity index (χ1v) is 11.4. The Hall–Kier alpha value is -3.52. The number of aliphatic imine (C=N–C) groups is 2. The number of carbonyl (C=O) groups is 2. The number of rotatable bonds is 5. The van der Waals surface area contributed by atoms with Crippen molar-refractivity contribution in [3.8, 4) is 0 Å². The molecule has 2 bridgehead atoms. The van der Waals surface area contributed by atoms with Crippen molar-refractivity contribution in [1.29, 1.82) is 0 Å². The van der Waals surface area contributed by atoms with Crippen LogP contribution >= 0.6 is 0 Å². The highest BCUT2D eigenvalue weighted by molar-refractivity contribution is 5.92. The Morgan fingerprint density at radius 1 is 1.18 bits per heavy atom. The predicted molar refractivity (Wildman–Crippen MR) is 124 cm³/mol. The first kappa shape index (κ1) is 29.0. The highest BCUT2D eigenvalue weighted by Crippen LogP contribution is 2.46. The summed E-state index contributed by atoms with van der Waals surface area (Å²) >= 11 is 0. The third-order valence-electron chi connectivity index (χ3n) is 5.83. The molecule has 0 radical (unpaired) electrons. The van der Waals surface area contributed by atoms with Crippen LogP contribution in [0.15, 0.2) is 22.3 Å². The van der Waals surface area contributed by atoms with Crippen LogP contribution in [-0.4, -0.2) is 63.3 Å². The average Bonchev–Trinajstić information content (AvgIpc) is 3.31. The number of ether oxygens (including phenoxy) is 1. The average molecular weight is 548 g/mol. The van der Waals surface area contributed by atoms with Crippen molar-refractivity contribution in [2.75, 3.05) is 0 Å². The Balaban J connectivity index is 1.82. The highest BCUT2D eigenvalue weighted by atomic mass is 19.4. The van der Waals surface area contributed by atoms with E-state index < -0.39 is 54.2 Å². The van der Waals surface area contributed by atoms with Crippen LogP contribution in [0.1, 0.15) is 57.7 Å². The molecule has 1 atom stereocenters. The van der Waals surface area contributed by atoms with Gasteiger partial charge in [0.1, 0.15) is 11.6 Å². The molecule has 9 nitrogen and oxygen atoms in total. The van der Waals surface area contributed by atoms with Crippen LogP contribution in [0, 0.1) is 5.92 Å². The van der Waals surface area contributed by atoms with Crippen molar-refractivity contribution in [3.63, 3.8) is 0 Å². The molecular weight excluding hydrogens is 522 g/mol. The van der Waals surface area contributed by atoms with Gasteiger partial charge < -0.3 is 10.1 Å². The van der Waals surface area contributed by atoms with Gasteiger partial charge in [0.15, 0.2) is 0 Å². The van der Waals surface area contributed by atoms with Crippen molar-refractivity contribution in [1.82, 2.24) is 20.2 Å². The molecule has 3 aliphatic rings. The number of aromatic nitrogens is 2. The van der Waals surface area contributed by atoms with E-state index in [1.165, 1.54) is 11.8 Å². The minimum Gasteiger partial charge on any atom is -0.444 e. The number of nitrogens with zero attached hydrogens (tertiary/aromatic N) is 5. The van der Waals surface area contributed by atoms with Crippen molar-refractivity contribution < 1.29 is 40.7 Å². The SMILES string of the molecule is C=NC(=N/C=C(\C)c1cc(CNC(=O)C2C3CC(C3)N2C(=O)OC(C)(C)C)nc(C(F)(F)F)n1)C(F)(F)F. The van der Waals surface area contributed by atoms with E-state index >= 15 is 0 Å². The minimum absolute atomic E-state index is 0.108.